The molecule has 3 N–H and O–H groups in total. The van der Waals surface area contributed by atoms with E-state index in [-0.39, 0.29) is 12.5 Å². The Morgan fingerprint density at radius 3 is 2.39 bits per heavy atom. The Morgan fingerprint density at radius 2 is 1.76 bits per heavy atom. The highest BCUT2D eigenvalue weighted by molar-refractivity contribution is 5.96. The lowest BCUT2D eigenvalue weighted by atomic mass is 9.99. The second-order valence-electron chi connectivity index (χ2n) is 7.31. The number of ether oxygens (including phenoxy) is 1. The summed E-state index contributed by atoms with van der Waals surface area (Å²) < 4.78 is 6.65. The Kier molecular flexibility index (Phi) is 8.06. The lowest BCUT2D eigenvalue weighted by Gasteiger charge is -2.23. The summed E-state index contributed by atoms with van der Waals surface area (Å²) in [6.45, 7) is 3.80. The van der Waals surface area contributed by atoms with Gasteiger partial charge < -0.3 is 10.1 Å². The fourth-order valence-electron chi connectivity index (χ4n) is 2.91. The van der Waals surface area contributed by atoms with E-state index < -0.39 is 23.9 Å². The van der Waals surface area contributed by atoms with E-state index in [4.69, 9.17) is 4.74 Å². The van der Waals surface area contributed by atoms with Crippen LogP contribution in [0.25, 0.3) is 5.69 Å². The van der Waals surface area contributed by atoms with Gasteiger partial charge >= 0.3 is 6.09 Å². The number of benzene rings is 2. The lowest BCUT2D eigenvalue weighted by Crippen LogP contribution is -2.54. The molecule has 0 radical (unpaired) electrons. The van der Waals surface area contributed by atoms with E-state index in [1.165, 1.54) is 11.0 Å². The summed E-state index contributed by atoms with van der Waals surface area (Å²) in [7, 11) is 0. The number of carbonyl (C=O) groups is 3. The minimum atomic E-state index is -0.888. The van der Waals surface area contributed by atoms with Gasteiger partial charge in [-0.25, -0.2) is 9.48 Å². The molecule has 3 amide bonds. The fourth-order valence-corrected chi connectivity index (χ4v) is 2.91. The number of carbonyl (C=O) groups excluding carboxylic acids is 3. The second kappa shape index (κ2) is 11.4. The van der Waals surface area contributed by atoms with Crippen molar-refractivity contribution in [1.82, 2.24) is 36.4 Å². The van der Waals surface area contributed by atoms with Gasteiger partial charge in [-0.1, -0.05) is 50.6 Å². The molecule has 0 aliphatic carbocycles. The minimum absolute atomic E-state index is 0.0822. The van der Waals surface area contributed by atoms with Gasteiger partial charge in [-0.15, -0.1) is 5.10 Å². The van der Waals surface area contributed by atoms with Crippen molar-refractivity contribution in [3.8, 4) is 5.69 Å². The third kappa shape index (κ3) is 6.60. The van der Waals surface area contributed by atoms with Crippen LogP contribution >= 0.6 is 0 Å². The van der Waals surface area contributed by atoms with E-state index in [1.807, 2.05) is 44.2 Å². The maximum absolute atomic E-state index is 12.7. The lowest BCUT2D eigenvalue weighted by molar-refractivity contribution is -0.125. The summed E-state index contributed by atoms with van der Waals surface area (Å²) in [5.74, 6) is -1.26. The third-order valence-electron chi connectivity index (χ3n) is 5.02. The molecule has 0 saturated heterocycles. The van der Waals surface area contributed by atoms with Crippen molar-refractivity contribution in [2.45, 2.75) is 32.9 Å². The van der Waals surface area contributed by atoms with E-state index in [1.54, 1.807) is 24.3 Å². The van der Waals surface area contributed by atoms with Gasteiger partial charge in [0.05, 0.1) is 5.69 Å². The van der Waals surface area contributed by atoms with Gasteiger partial charge in [0.25, 0.3) is 11.8 Å². The summed E-state index contributed by atoms with van der Waals surface area (Å²) in [6, 6.07) is 14.8. The van der Waals surface area contributed by atoms with Gasteiger partial charge in [-0.05, 0) is 46.2 Å². The van der Waals surface area contributed by atoms with Crippen molar-refractivity contribution in [3.63, 3.8) is 0 Å². The summed E-state index contributed by atoms with van der Waals surface area (Å²) in [6.07, 6.45) is 1.34. The summed E-state index contributed by atoms with van der Waals surface area (Å²) in [5.41, 5.74) is 6.56. The molecule has 0 aliphatic rings. The Bertz CT molecular complexity index is 1060. The molecule has 2 aromatic carbocycles. The molecule has 0 aliphatic heterocycles. The average Bonchev–Trinajstić information content (AvgIpc) is 3.39. The smallest absolute Gasteiger partial charge is 0.408 e. The first-order valence-electron chi connectivity index (χ1n) is 10.4. The minimum Gasteiger partial charge on any atom is -0.445 e. The highest BCUT2D eigenvalue weighted by atomic mass is 16.5. The summed E-state index contributed by atoms with van der Waals surface area (Å²) >= 11 is 0. The van der Waals surface area contributed by atoms with Crippen LogP contribution in [0.4, 0.5) is 4.79 Å². The third-order valence-corrected chi connectivity index (χ3v) is 5.02. The van der Waals surface area contributed by atoms with Crippen molar-refractivity contribution < 1.29 is 19.1 Å². The van der Waals surface area contributed by atoms with Crippen molar-refractivity contribution in [3.05, 3.63) is 72.1 Å². The number of hydrogen-bond donors (Lipinski definition) is 3. The first-order valence-corrected chi connectivity index (χ1v) is 10.4. The molecule has 11 heteroatoms. The number of alkyl carbamates (subject to hydrolysis) is 1. The summed E-state index contributed by atoms with van der Waals surface area (Å²) in [5, 5.41) is 13.5. The maximum atomic E-state index is 12.7. The van der Waals surface area contributed by atoms with Crippen molar-refractivity contribution in [2.24, 2.45) is 5.92 Å². The molecule has 2 atom stereocenters. The van der Waals surface area contributed by atoms with E-state index in [2.05, 4.69) is 31.7 Å². The topological polar surface area (TPSA) is 140 Å². The normalized spacial score (nSPS) is 12.3. The van der Waals surface area contributed by atoms with Crippen LogP contribution in [0, 0.1) is 5.92 Å². The number of nitrogens with one attached hydrogen (secondary N) is 3. The average molecular weight is 451 g/mol. The zero-order valence-electron chi connectivity index (χ0n) is 18.3. The van der Waals surface area contributed by atoms with Crippen LogP contribution in [0.5, 0.6) is 0 Å². The SMILES string of the molecule is CC[C@H](C)[C@H](NC(=O)OCc1ccccc1)C(=O)NNC(=O)c1ccc(-n2cnnn2)cc1. The van der Waals surface area contributed by atoms with Gasteiger partial charge in [0.15, 0.2) is 0 Å². The first kappa shape index (κ1) is 23.4. The van der Waals surface area contributed by atoms with E-state index >= 15 is 0 Å². The molecule has 0 spiro atoms. The van der Waals surface area contributed by atoms with Gasteiger partial charge in [0, 0.05) is 5.56 Å². The highest BCUT2D eigenvalue weighted by Gasteiger charge is 2.27. The van der Waals surface area contributed by atoms with Crippen LogP contribution in [0.1, 0.15) is 36.2 Å². The molecule has 11 nitrogen and oxygen atoms in total. The molecule has 0 bridgehead atoms. The van der Waals surface area contributed by atoms with E-state index in [9.17, 15) is 14.4 Å². The molecular formula is C22H25N7O4. The second-order valence-corrected chi connectivity index (χ2v) is 7.31. The van der Waals surface area contributed by atoms with Gasteiger partial charge in [-0.3, -0.25) is 20.4 Å². The Hall–Kier alpha value is -4.28. The molecule has 0 unspecified atom stereocenters. The summed E-state index contributed by atoms with van der Waals surface area (Å²) in [4.78, 5) is 37.3. The fraction of sp³-hybridized carbons (Fsp3) is 0.273. The van der Waals surface area contributed by atoms with Crippen molar-refractivity contribution in [1.29, 1.82) is 0 Å². The van der Waals surface area contributed by atoms with Gasteiger partial charge in [0.2, 0.25) is 0 Å². The van der Waals surface area contributed by atoms with Crippen LogP contribution in [-0.2, 0) is 16.1 Å². The Balaban J connectivity index is 1.53. The van der Waals surface area contributed by atoms with Crippen LogP contribution in [0.3, 0.4) is 0 Å². The predicted octanol–water partition coefficient (Wildman–Crippen LogP) is 1.76. The molecule has 3 rings (SSSR count). The van der Waals surface area contributed by atoms with Crippen LogP contribution in [0.15, 0.2) is 60.9 Å². The van der Waals surface area contributed by atoms with Crippen LogP contribution in [0.2, 0.25) is 0 Å². The molecular weight excluding hydrogens is 426 g/mol. The van der Waals surface area contributed by atoms with E-state index in [0.717, 1.165) is 5.56 Å². The molecule has 1 heterocycles. The largest absolute Gasteiger partial charge is 0.445 e. The van der Waals surface area contributed by atoms with Crippen molar-refractivity contribution in [2.75, 3.05) is 0 Å². The number of rotatable bonds is 8. The number of aromatic nitrogens is 4. The molecule has 172 valence electrons. The highest BCUT2D eigenvalue weighted by Crippen LogP contribution is 2.10. The Morgan fingerprint density at radius 1 is 1.03 bits per heavy atom. The molecule has 0 fully saturated rings. The number of tetrazole rings is 1. The zero-order chi connectivity index (χ0) is 23.6. The number of hydrazine groups is 1. The van der Waals surface area contributed by atoms with E-state index in [0.29, 0.717) is 17.7 Å². The number of nitrogens with zero attached hydrogens (tertiary/aromatic N) is 4. The van der Waals surface area contributed by atoms with Crippen molar-refractivity contribution >= 4 is 17.9 Å². The quantitative estimate of drug-likeness (QED) is 0.443. The molecule has 0 saturated carbocycles. The molecule has 1 aromatic heterocycles. The maximum Gasteiger partial charge on any atom is 0.408 e. The zero-order valence-corrected chi connectivity index (χ0v) is 18.3. The standard InChI is InChI=1S/C22H25N7O4/c1-3-15(2)19(24-22(32)33-13-16-7-5-4-6-8-16)21(31)26-25-20(30)17-9-11-18(12-10-17)29-14-23-27-28-29/h4-12,14-15,19H,3,13H2,1-2H3,(H,24,32)(H,25,30)(H,26,31)/t15-,19-/m0/s1. The Labute approximate surface area is 190 Å². The number of amides is 3. The molecule has 3 aromatic rings. The predicted molar refractivity (Wildman–Crippen MR) is 118 cm³/mol. The van der Waals surface area contributed by atoms with Gasteiger partial charge in [0.1, 0.15) is 19.0 Å². The van der Waals surface area contributed by atoms with Crippen LogP contribution in [-0.4, -0.2) is 44.2 Å². The molecule has 33 heavy (non-hydrogen) atoms. The number of hydrogen-bond acceptors (Lipinski definition) is 7. The van der Waals surface area contributed by atoms with Crippen LogP contribution < -0.4 is 16.2 Å². The van der Waals surface area contributed by atoms with Gasteiger partial charge in [-0.2, -0.15) is 0 Å². The first-order chi connectivity index (χ1) is 16.0. The monoisotopic (exact) mass is 451 g/mol.